The van der Waals surface area contributed by atoms with Gasteiger partial charge in [0.1, 0.15) is 0 Å². The van der Waals surface area contributed by atoms with E-state index in [1.54, 1.807) is 24.5 Å². The van der Waals surface area contributed by atoms with Crippen LogP contribution in [0.3, 0.4) is 0 Å². The SMILES string of the molecule is CN=C(NCCc1nc(C)c(C)s1)NCc1ccc(Cl)cc1Cl.I. The third-order valence-corrected chi connectivity index (χ3v) is 5.11. The highest BCUT2D eigenvalue weighted by Crippen LogP contribution is 2.20. The first kappa shape index (κ1) is 21.5. The second-order valence-electron chi connectivity index (χ2n) is 5.09. The number of rotatable bonds is 5. The fraction of sp³-hybridized carbons (Fsp3) is 0.375. The van der Waals surface area contributed by atoms with E-state index in [2.05, 4.69) is 27.5 Å². The van der Waals surface area contributed by atoms with Crippen LogP contribution in [0.15, 0.2) is 23.2 Å². The van der Waals surface area contributed by atoms with Gasteiger partial charge in [-0.15, -0.1) is 35.3 Å². The lowest BCUT2D eigenvalue weighted by Gasteiger charge is -2.12. The molecule has 0 radical (unpaired) electrons. The quantitative estimate of drug-likeness (QED) is 0.360. The van der Waals surface area contributed by atoms with Gasteiger partial charge in [-0.05, 0) is 31.5 Å². The fourth-order valence-electron chi connectivity index (χ4n) is 2.00. The third-order valence-electron chi connectivity index (χ3n) is 3.39. The molecule has 0 saturated heterocycles. The van der Waals surface area contributed by atoms with Crippen molar-refractivity contribution in [2.75, 3.05) is 13.6 Å². The standard InChI is InChI=1S/C16H20Cl2N4S.HI/c1-10-11(2)23-15(22-10)6-7-20-16(19-3)21-9-12-4-5-13(17)8-14(12)18;/h4-5,8H,6-7,9H2,1-3H3,(H2,19,20,21);1H. The molecule has 2 N–H and O–H groups in total. The van der Waals surface area contributed by atoms with Crippen LogP contribution in [0.1, 0.15) is 21.1 Å². The summed E-state index contributed by atoms with van der Waals surface area (Å²) in [5.41, 5.74) is 2.09. The van der Waals surface area contributed by atoms with Crippen LogP contribution < -0.4 is 10.6 Å². The molecule has 0 unspecified atom stereocenters. The first-order chi connectivity index (χ1) is 11.0. The topological polar surface area (TPSA) is 49.3 Å². The second kappa shape index (κ2) is 10.4. The van der Waals surface area contributed by atoms with Crippen LogP contribution >= 0.6 is 58.5 Å². The van der Waals surface area contributed by atoms with E-state index in [0.29, 0.717) is 16.6 Å². The lowest BCUT2D eigenvalue weighted by Crippen LogP contribution is -2.37. The zero-order valence-electron chi connectivity index (χ0n) is 13.8. The predicted molar refractivity (Wildman–Crippen MR) is 115 cm³/mol. The van der Waals surface area contributed by atoms with Crippen molar-refractivity contribution >= 4 is 64.5 Å². The summed E-state index contributed by atoms with van der Waals surface area (Å²) in [5.74, 6) is 0.737. The van der Waals surface area contributed by atoms with E-state index in [1.807, 2.05) is 19.1 Å². The van der Waals surface area contributed by atoms with Gasteiger partial charge in [0.2, 0.25) is 0 Å². The number of aryl methyl sites for hydroxylation is 2. The second-order valence-corrected chi connectivity index (χ2v) is 7.22. The van der Waals surface area contributed by atoms with Gasteiger partial charge in [-0.1, -0.05) is 29.3 Å². The molecule has 0 saturated carbocycles. The van der Waals surface area contributed by atoms with Crippen molar-refractivity contribution in [1.29, 1.82) is 0 Å². The Balaban J connectivity index is 0.00000288. The van der Waals surface area contributed by atoms with Crippen molar-refractivity contribution in [2.24, 2.45) is 4.99 Å². The van der Waals surface area contributed by atoms with Crippen LogP contribution in [0.2, 0.25) is 10.0 Å². The largest absolute Gasteiger partial charge is 0.356 e. The maximum Gasteiger partial charge on any atom is 0.191 e. The predicted octanol–water partition coefficient (Wildman–Crippen LogP) is 4.59. The smallest absolute Gasteiger partial charge is 0.191 e. The van der Waals surface area contributed by atoms with Crippen molar-refractivity contribution in [2.45, 2.75) is 26.8 Å². The molecule has 2 aromatic rings. The summed E-state index contributed by atoms with van der Waals surface area (Å²) < 4.78 is 0. The fourth-order valence-corrected chi connectivity index (χ4v) is 3.41. The highest BCUT2D eigenvalue weighted by Gasteiger charge is 2.05. The lowest BCUT2D eigenvalue weighted by atomic mass is 10.2. The highest BCUT2D eigenvalue weighted by atomic mass is 127. The maximum absolute atomic E-state index is 6.17. The molecule has 0 aliphatic rings. The molecule has 24 heavy (non-hydrogen) atoms. The van der Waals surface area contributed by atoms with Crippen molar-refractivity contribution in [3.8, 4) is 0 Å². The van der Waals surface area contributed by atoms with Crippen LogP contribution in [0.5, 0.6) is 0 Å². The molecule has 0 spiro atoms. The van der Waals surface area contributed by atoms with Crippen molar-refractivity contribution in [3.05, 3.63) is 49.4 Å². The van der Waals surface area contributed by atoms with Crippen molar-refractivity contribution < 1.29 is 0 Å². The number of hydrogen-bond acceptors (Lipinski definition) is 3. The minimum atomic E-state index is 0. The molecular formula is C16H21Cl2IN4S. The number of hydrogen-bond donors (Lipinski definition) is 2. The molecule has 1 aromatic carbocycles. The average Bonchev–Trinajstić information content (AvgIpc) is 2.82. The molecule has 1 aromatic heterocycles. The van der Waals surface area contributed by atoms with Gasteiger partial charge in [0.25, 0.3) is 0 Å². The molecule has 8 heteroatoms. The molecule has 0 amide bonds. The van der Waals surface area contributed by atoms with E-state index in [-0.39, 0.29) is 24.0 Å². The van der Waals surface area contributed by atoms with Crippen LogP contribution in [-0.2, 0) is 13.0 Å². The summed E-state index contributed by atoms with van der Waals surface area (Å²) in [7, 11) is 1.75. The number of halogens is 3. The first-order valence-electron chi connectivity index (χ1n) is 7.31. The van der Waals surface area contributed by atoms with Crippen molar-refractivity contribution in [1.82, 2.24) is 15.6 Å². The molecule has 132 valence electrons. The molecule has 2 rings (SSSR count). The minimum absolute atomic E-state index is 0. The number of aromatic nitrogens is 1. The number of nitrogens with zero attached hydrogens (tertiary/aromatic N) is 2. The van der Waals surface area contributed by atoms with Crippen LogP contribution in [0, 0.1) is 13.8 Å². The molecule has 4 nitrogen and oxygen atoms in total. The number of nitrogens with one attached hydrogen (secondary N) is 2. The Labute approximate surface area is 174 Å². The number of aliphatic imine (C=N–C) groups is 1. The molecule has 0 fully saturated rings. The van der Waals surface area contributed by atoms with E-state index < -0.39 is 0 Å². The number of thiazole rings is 1. The van der Waals surface area contributed by atoms with E-state index >= 15 is 0 Å². The molecule has 0 bridgehead atoms. The van der Waals surface area contributed by atoms with Gasteiger partial charge in [-0.3, -0.25) is 4.99 Å². The first-order valence-corrected chi connectivity index (χ1v) is 8.88. The Morgan fingerprint density at radius 2 is 2.00 bits per heavy atom. The average molecular weight is 499 g/mol. The maximum atomic E-state index is 6.17. The van der Waals surface area contributed by atoms with Crippen molar-refractivity contribution in [3.63, 3.8) is 0 Å². The summed E-state index contributed by atoms with van der Waals surface area (Å²) in [5, 5.41) is 8.95. The Morgan fingerprint density at radius 3 is 2.58 bits per heavy atom. The summed E-state index contributed by atoms with van der Waals surface area (Å²) in [4.78, 5) is 10.0. The molecule has 1 heterocycles. The van der Waals surface area contributed by atoms with E-state index in [0.717, 1.165) is 35.2 Å². The van der Waals surface area contributed by atoms with Gasteiger partial charge in [-0.25, -0.2) is 4.98 Å². The zero-order chi connectivity index (χ0) is 16.8. The van der Waals surface area contributed by atoms with Gasteiger partial charge in [0.05, 0.1) is 10.7 Å². The molecule has 0 aliphatic carbocycles. The van der Waals surface area contributed by atoms with Gasteiger partial charge < -0.3 is 10.6 Å². The van der Waals surface area contributed by atoms with Crippen LogP contribution in [-0.4, -0.2) is 24.5 Å². The number of guanidine groups is 1. The van der Waals surface area contributed by atoms with Gasteiger partial charge in [0, 0.05) is 41.5 Å². The molecular weight excluding hydrogens is 478 g/mol. The lowest BCUT2D eigenvalue weighted by molar-refractivity contribution is 0.791. The molecule has 0 atom stereocenters. The van der Waals surface area contributed by atoms with E-state index in [9.17, 15) is 0 Å². The van der Waals surface area contributed by atoms with Gasteiger partial charge in [0.15, 0.2) is 5.96 Å². The Bertz CT molecular complexity index is 684. The minimum Gasteiger partial charge on any atom is -0.356 e. The monoisotopic (exact) mass is 498 g/mol. The Kier molecular flexibility index (Phi) is 9.33. The summed E-state index contributed by atoms with van der Waals surface area (Å²) in [6.45, 7) is 5.50. The summed E-state index contributed by atoms with van der Waals surface area (Å²) >= 11 is 13.8. The van der Waals surface area contributed by atoms with Gasteiger partial charge >= 0.3 is 0 Å². The van der Waals surface area contributed by atoms with Crippen LogP contribution in [0.25, 0.3) is 0 Å². The number of benzene rings is 1. The van der Waals surface area contributed by atoms with E-state index in [1.165, 1.54) is 4.88 Å². The summed E-state index contributed by atoms with van der Waals surface area (Å²) in [6, 6.07) is 5.48. The van der Waals surface area contributed by atoms with E-state index in [4.69, 9.17) is 23.2 Å². The Hall–Kier alpha value is -0.570. The molecule has 0 aliphatic heterocycles. The van der Waals surface area contributed by atoms with Crippen LogP contribution in [0.4, 0.5) is 0 Å². The zero-order valence-corrected chi connectivity index (χ0v) is 18.5. The van der Waals surface area contributed by atoms with Gasteiger partial charge in [-0.2, -0.15) is 0 Å². The Morgan fingerprint density at radius 1 is 1.25 bits per heavy atom. The normalized spacial score (nSPS) is 11.1. The summed E-state index contributed by atoms with van der Waals surface area (Å²) in [6.07, 6.45) is 0.877. The third kappa shape index (κ3) is 6.38. The highest BCUT2D eigenvalue weighted by molar-refractivity contribution is 14.0.